The van der Waals surface area contributed by atoms with Crippen LogP contribution in [0.4, 0.5) is 8.78 Å². The van der Waals surface area contributed by atoms with Gasteiger partial charge in [-0.15, -0.1) is 11.3 Å². The molecule has 0 aliphatic carbocycles. The van der Waals surface area contributed by atoms with Gasteiger partial charge in [0.15, 0.2) is 0 Å². The third-order valence-corrected chi connectivity index (χ3v) is 7.47. The van der Waals surface area contributed by atoms with Gasteiger partial charge in [-0.25, -0.2) is 23.4 Å². The van der Waals surface area contributed by atoms with E-state index in [9.17, 15) is 18.7 Å². The van der Waals surface area contributed by atoms with Gasteiger partial charge in [0.25, 0.3) is 5.56 Å². The molecule has 0 amide bonds. The molecule has 5 rings (SSSR count). The summed E-state index contributed by atoms with van der Waals surface area (Å²) < 4.78 is 31.5. The van der Waals surface area contributed by atoms with Gasteiger partial charge < -0.3 is 5.11 Å². The van der Waals surface area contributed by atoms with E-state index in [2.05, 4.69) is 20.2 Å². The molecule has 13 heteroatoms. The summed E-state index contributed by atoms with van der Waals surface area (Å²) in [5.74, 6) is -1.75. The second-order valence-electron chi connectivity index (χ2n) is 8.58. The van der Waals surface area contributed by atoms with E-state index >= 15 is 0 Å². The van der Waals surface area contributed by atoms with Crippen molar-refractivity contribution in [3.63, 3.8) is 0 Å². The first-order valence-corrected chi connectivity index (χ1v) is 12.2. The lowest BCUT2D eigenvalue weighted by Crippen LogP contribution is -2.43. The zero-order valence-corrected chi connectivity index (χ0v) is 20.7. The molecule has 0 saturated carbocycles. The van der Waals surface area contributed by atoms with Gasteiger partial charge in [-0.05, 0) is 30.2 Å². The van der Waals surface area contributed by atoms with Crippen LogP contribution in [0, 0.1) is 11.6 Å². The normalized spacial score (nSPS) is 14.1. The summed E-state index contributed by atoms with van der Waals surface area (Å²) in [4.78, 5) is 22.7. The Kier molecular flexibility index (Phi) is 6.80. The summed E-state index contributed by atoms with van der Waals surface area (Å²) in [6.07, 6.45) is 5.37. The quantitative estimate of drug-likeness (QED) is 0.204. The highest BCUT2D eigenvalue weighted by Gasteiger charge is 2.41. The molecule has 2 aromatic carbocycles. The number of halogens is 2. The second kappa shape index (κ2) is 10.2. The van der Waals surface area contributed by atoms with Crippen molar-refractivity contribution >= 4 is 27.8 Å². The topological polar surface area (TPSA) is 130 Å². The van der Waals surface area contributed by atoms with Crippen LogP contribution < -0.4 is 11.1 Å². The summed E-state index contributed by atoms with van der Waals surface area (Å²) in [6.45, 7) is 1.31. The zero-order valence-electron chi connectivity index (χ0n) is 19.9. The molecule has 3 heterocycles. The van der Waals surface area contributed by atoms with Gasteiger partial charge in [0.05, 0.1) is 30.6 Å². The van der Waals surface area contributed by atoms with Crippen molar-refractivity contribution in [1.82, 2.24) is 29.9 Å². The molecule has 0 spiro atoms. The van der Waals surface area contributed by atoms with Crippen molar-refractivity contribution in [3.05, 3.63) is 101 Å². The van der Waals surface area contributed by atoms with E-state index < -0.39 is 28.8 Å². The molecule has 3 aromatic heterocycles. The first-order valence-electron chi connectivity index (χ1n) is 11.3. The maximum absolute atomic E-state index is 14.9. The summed E-state index contributed by atoms with van der Waals surface area (Å²) in [5, 5.41) is 28.0. The monoisotopic (exact) mass is 537 g/mol. The highest BCUT2D eigenvalue weighted by atomic mass is 32.1. The predicted octanol–water partition coefficient (Wildman–Crippen LogP) is 3.46. The number of hydrogen-bond acceptors (Lipinski definition) is 9. The van der Waals surface area contributed by atoms with E-state index in [4.69, 9.17) is 5.21 Å². The molecular weight excluding hydrogens is 516 g/mol. The second-order valence-corrected chi connectivity index (χ2v) is 9.63. The number of aliphatic hydroxyl groups is 1. The van der Waals surface area contributed by atoms with Crippen molar-refractivity contribution in [2.45, 2.75) is 25.1 Å². The fourth-order valence-corrected chi connectivity index (χ4v) is 5.31. The standard InChI is InChI=1S/C25H21F2N7O3S/c1-15(25(36,11-33-13-28-12-31-33)19-7-6-18(26)8-20(19)27)34-14-29-21-9-22(38-23(21)24(34)35)17-4-2-16(3-5-17)10-30-32-37/h2-10,12-15,32,36-37H,11H2,1H3/t15-,25-/m1/s1. The zero-order chi connectivity index (χ0) is 26.9. The minimum absolute atomic E-state index is 0.194. The van der Waals surface area contributed by atoms with Gasteiger partial charge in [0, 0.05) is 16.5 Å². The summed E-state index contributed by atoms with van der Waals surface area (Å²) >= 11 is 1.23. The number of benzene rings is 2. The van der Waals surface area contributed by atoms with Crippen LogP contribution in [-0.2, 0) is 12.1 Å². The lowest BCUT2D eigenvalue weighted by molar-refractivity contribution is -0.0343. The molecule has 5 aromatic rings. The smallest absolute Gasteiger partial charge is 0.271 e. The molecule has 0 aliphatic heterocycles. The Labute approximate surface area is 218 Å². The number of aromatic nitrogens is 5. The van der Waals surface area contributed by atoms with E-state index in [0.717, 1.165) is 28.1 Å². The molecule has 0 bridgehead atoms. The molecule has 10 nitrogen and oxygen atoms in total. The SMILES string of the molecule is C[C@@H](n1cnc2cc(-c3ccc(C=NNO)cc3)sc2c1=O)[C@](O)(Cn1cncn1)c1ccc(F)cc1F. The van der Waals surface area contributed by atoms with Crippen LogP contribution in [0.1, 0.15) is 24.1 Å². The van der Waals surface area contributed by atoms with Crippen molar-refractivity contribution in [3.8, 4) is 10.4 Å². The fraction of sp³-hybridized carbons (Fsp3) is 0.160. The molecule has 0 radical (unpaired) electrons. The van der Waals surface area contributed by atoms with Crippen LogP contribution in [0.25, 0.3) is 20.7 Å². The molecule has 2 atom stereocenters. The predicted molar refractivity (Wildman–Crippen MR) is 137 cm³/mol. The highest BCUT2D eigenvalue weighted by Crippen LogP contribution is 2.37. The van der Waals surface area contributed by atoms with Gasteiger partial charge >= 0.3 is 0 Å². The van der Waals surface area contributed by atoms with Crippen molar-refractivity contribution < 1.29 is 19.1 Å². The minimum atomic E-state index is -2.01. The Hall–Kier alpha value is -4.33. The molecule has 0 aliphatic rings. The van der Waals surface area contributed by atoms with E-state index in [-0.39, 0.29) is 12.1 Å². The largest absolute Gasteiger partial charge is 0.381 e. The Morgan fingerprint density at radius 2 is 1.97 bits per heavy atom. The van der Waals surface area contributed by atoms with Gasteiger partial charge in [-0.1, -0.05) is 30.3 Å². The Bertz CT molecular complexity index is 1670. The lowest BCUT2D eigenvalue weighted by atomic mass is 9.86. The van der Waals surface area contributed by atoms with E-state index in [0.29, 0.717) is 16.3 Å². The van der Waals surface area contributed by atoms with E-state index in [1.54, 1.807) is 30.7 Å². The number of nitrogens with zero attached hydrogens (tertiary/aromatic N) is 6. The number of thiophene rings is 1. The number of nitrogens with one attached hydrogen (secondary N) is 1. The van der Waals surface area contributed by atoms with E-state index in [1.807, 2.05) is 12.1 Å². The fourth-order valence-electron chi connectivity index (χ4n) is 4.25. The van der Waals surface area contributed by atoms with Gasteiger partial charge in [0.2, 0.25) is 0 Å². The summed E-state index contributed by atoms with van der Waals surface area (Å²) in [6, 6.07) is 10.9. The summed E-state index contributed by atoms with van der Waals surface area (Å²) in [5.41, 5.74) is 1.15. The van der Waals surface area contributed by atoms with Crippen molar-refractivity contribution in [1.29, 1.82) is 0 Å². The third-order valence-electron chi connectivity index (χ3n) is 6.30. The van der Waals surface area contributed by atoms with Crippen LogP contribution in [0.5, 0.6) is 0 Å². The van der Waals surface area contributed by atoms with Gasteiger partial charge in [0.1, 0.15) is 34.6 Å². The van der Waals surface area contributed by atoms with Crippen LogP contribution in [0.3, 0.4) is 0 Å². The van der Waals surface area contributed by atoms with Crippen LogP contribution in [0.15, 0.2) is 77.4 Å². The summed E-state index contributed by atoms with van der Waals surface area (Å²) in [7, 11) is 0. The maximum Gasteiger partial charge on any atom is 0.271 e. The van der Waals surface area contributed by atoms with Crippen molar-refractivity contribution in [2.24, 2.45) is 5.10 Å². The minimum Gasteiger partial charge on any atom is -0.381 e. The number of hydrogen-bond donors (Lipinski definition) is 3. The molecule has 194 valence electrons. The average Bonchev–Trinajstić information content (AvgIpc) is 3.58. The first kappa shape index (κ1) is 25.3. The van der Waals surface area contributed by atoms with Crippen LogP contribution in [0.2, 0.25) is 0 Å². The molecule has 0 saturated heterocycles. The van der Waals surface area contributed by atoms with Crippen LogP contribution >= 0.6 is 11.3 Å². The highest BCUT2D eigenvalue weighted by molar-refractivity contribution is 7.22. The number of hydrazone groups is 1. The lowest BCUT2D eigenvalue weighted by Gasteiger charge is -2.35. The first-order chi connectivity index (χ1) is 18.3. The third kappa shape index (κ3) is 4.69. The average molecular weight is 538 g/mol. The van der Waals surface area contributed by atoms with Gasteiger partial charge in [-0.3, -0.25) is 14.6 Å². The molecular formula is C25H21F2N7O3S. The number of fused-ring (bicyclic) bond motifs is 1. The van der Waals surface area contributed by atoms with Crippen LogP contribution in [-0.4, -0.2) is 40.8 Å². The molecule has 0 unspecified atom stereocenters. The number of rotatable bonds is 8. The molecule has 3 N–H and O–H groups in total. The molecule has 38 heavy (non-hydrogen) atoms. The van der Waals surface area contributed by atoms with Gasteiger partial charge in [-0.2, -0.15) is 15.8 Å². The van der Waals surface area contributed by atoms with Crippen molar-refractivity contribution in [2.75, 3.05) is 0 Å². The van der Waals surface area contributed by atoms with E-state index in [1.165, 1.54) is 45.8 Å². The Morgan fingerprint density at radius 1 is 1.18 bits per heavy atom. The Morgan fingerprint density at radius 3 is 2.66 bits per heavy atom. The Balaban J connectivity index is 1.56. The molecule has 0 fully saturated rings. The maximum atomic E-state index is 14.9.